The number of rotatable bonds is 7. The van der Waals surface area contributed by atoms with Crippen molar-refractivity contribution >= 4 is 5.97 Å². The van der Waals surface area contributed by atoms with Gasteiger partial charge in [-0.25, -0.2) is 4.79 Å². The number of hydrogen-bond acceptors (Lipinski definition) is 3. The molecule has 0 radical (unpaired) electrons. The third-order valence-corrected chi connectivity index (χ3v) is 4.69. The van der Waals surface area contributed by atoms with Crippen LogP contribution in [0.2, 0.25) is 0 Å². The molecule has 0 saturated heterocycles. The van der Waals surface area contributed by atoms with Crippen molar-refractivity contribution < 1.29 is 20.1 Å². The van der Waals surface area contributed by atoms with Crippen molar-refractivity contribution in [2.24, 2.45) is 0 Å². The Morgan fingerprint density at radius 2 is 1.19 bits per heavy atom. The lowest BCUT2D eigenvalue weighted by Gasteiger charge is -2.11. The molecule has 0 fully saturated rings. The fourth-order valence-electron chi connectivity index (χ4n) is 3.09. The van der Waals surface area contributed by atoms with Gasteiger partial charge in [0, 0.05) is 6.07 Å². The number of hydrogen-bond donors (Lipinski definition) is 3. The topological polar surface area (TPSA) is 77.8 Å². The van der Waals surface area contributed by atoms with Crippen LogP contribution in [0.25, 0.3) is 0 Å². The van der Waals surface area contributed by atoms with Crippen LogP contribution in [0.15, 0.2) is 66.7 Å². The van der Waals surface area contributed by atoms with E-state index in [1.165, 1.54) is 11.6 Å². The molecular weight excluding hydrogens is 340 g/mol. The summed E-state index contributed by atoms with van der Waals surface area (Å²) in [6, 6.07) is 20.1. The van der Waals surface area contributed by atoms with Crippen molar-refractivity contribution in [1.82, 2.24) is 0 Å². The molecule has 0 saturated carbocycles. The summed E-state index contributed by atoms with van der Waals surface area (Å²) in [4.78, 5) is 10.9. The van der Waals surface area contributed by atoms with E-state index in [0.717, 1.165) is 23.1 Å². The number of aryl methyl sites for hydroxylation is 4. The zero-order valence-electron chi connectivity index (χ0n) is 14.9. The van der Waals surface area contributed by atoms with Gasteiger partial charge in [-0.05, 0) is 66.1 Å². The van der Waals surface area contributed by atoms with E-state index in [9.17, 15) is 15.0 Å². The van der Waals surface area contributed by atoms with Crippen LogP contribution in [0.1, 0.15) is 32.6 Å². The van der Waals surface area contributed by atoms with E-state index in [2.05, 4.69) is 12.1 Å². The van der Waals surface area contributed by atoms with E-state index >= 15 is 0 Å². The molecule has 3 aromatic rings. The number of carboxylic acids is 1. The summed E-state index contributed by atoms with van der Waals surface area (Å²) in [7, 11) is 0. The van der Waals surface area contributed by atoms with Crippen molar-refractivity contribution in [2.75, 3.05) is 0 Å². The zero-order chi connectivity index (χ0) is 19.2. The second-order valence-corrected chi connectivity index (χ2v) is 6.60. The fraction of sp³-hybridized carbons (Fsp3) is 0.174. The van der Waals surface area contributed by atoms with Crippen LogP contribution in [0.4, 0.5) is 0 Å². The molecular formula is C23H22O4. The van der Waals surface area contributed by atoms with Gasteiger partial charge in [-0.3, -0.25) is 0 Å². The molecule has 0 aliphatic carbocycles. The summed E-state index contributed by atoms with van der Waals surface area (Å²) < 4.78 is 0. The van der Waals surface area contributed by atoms with Crippen molar-refractivity contribution in [3.63, 3.8) is 0 Å². The Morgan fingerprint density at radius 1 is 0.667 bits per heavy atom. The van der Waals surface area contributed by atoms with Crippen molar-refractivity contribution in [2.45, 2.75) is 25.7 Å². The average Bonchev–Trinajstić information content (AvgIpc) is 2.67. The summed E-state index contributed by atoms with van der Waals surface area (Å²) in [5.74, 6) is -0.753. The van der Waals surface area contributed by atoms with Crippen LogP contribution in [-0.4, -0.2) is 21.3 Å². The summed E-state index contributed by atoms with van der Waals surface area (Å²) >= 11 is 0. The number of phenols is 2. The molecule has 4 nitrogen and oxygen atoms in total. The highest BCUT2D eigenvalue weighted by molar-refractivity contribution is 5.87. The van der Waals surface area contributed by atoms with Crippen LogP contribution in [0, 0.1) is 0 Å². The summed E-state index contributed by atoms with van der Waals surface area (Å²) in [5.41, 5.74) is 4.05. The van der Waals surface area contributed by atoms with E-state index in [4.69, 9.17) is 5.11 Å². The predicted molar refractivity (Wildman–Crippen MR) is 104 cm³/mol. The SMILES string of the molecule is O=C(O)c1ccc(CCc2cc(CCc3ccccc3)c(O)cc2O)cc1. The first-order chi connectivity index (χ1) is 13.0. The summed E-state index contributed by atoms with van der Waals surface area (Å²) in [6.07, 6.45) is 2.79. The highest BCUT2D eigenvalue weighted by Crippen LogP contribution is 2.29. The summed E-state index contributed by atoms with van der Waals surface area (Å²) in [5, 5.41) is 29.3. The lowest BCUT2D eigenvalue weighted by Crippen LogP contribution is -1.98. The second-order valence-electron chi connectivity index (χ2n) is 6.60. The van der Waals surface area contributed by atoms with Gasteiger partial charge in [0.1, 0.15) is 11.5 Å². The largest absolute Gasteiger partial charge is 0.508 e. The van der Waals surface area contributed by atoms with E-state index in [1.807, 2.05) is 24.3 Å². The number of carboxylic acid groups (broad SMARTS) is 1. The standard InChI is InChI=1S/C23H22O4/c24-21-15-22(25)20(13-9-17-6-10-18(11-7-17)23(26)27)14-19(21)12-8-16-4-2-1-3-5-16/h1-7,10-11,14-15,24-25H,8-9,12-13H2,(H,26,27). The Morgan fingerprint density at radius 3 is 1.70 bits per heavy atom. The third kappa shape index (κ3) is 4.88. The van der Waals surface area contributed by atoms with E-state index in [0.29, 0.717) is 19.3 Å². The summed E-state index contributed by atoms with van der Waals surface area (Å²) in [6.45, 7) is 0. The van der Waals surface area contributed by atoms with E-state index in [1.54, 1.807) is 24.3 Å². The molecule has 3 aromatic carbocycles. The Hall–Kier alpha value is -3.27. The second kappa shape index (κ2) is 8.41. The van der Waals surface area contributed by atoms with Crippen molar-refractivity contribution in [1.29, 1.82) is 0 Å². The minimum atomic E-state index is -0.944. The highest BCUT2D eigenvalue weighted by atomic mass is 16.4. The number of aromatic hydroxyl groups is 2. The van der Waals surface area contributed by atoms with Crippen LogP contribution in [0.5, 0.6) is 11.5 Å². The molecule has 27 heavy (non-hydrogen) atoms. The minimum absolute atomic E-state index is 0.0816. The Bertz CT molecular complexity index is 915. The van der Waals surface area contributed by atoms with Gasteiger partial charge in [0.05, 0.1) is 5.56 Å². The van der Waals surface area contributed by atoms with Crippen LogP contribution < -0.4 is 0 Å². The van der Waals surface area contributed by atoms with Gasteiger partial charge in [0.25, 0.3) is 0 Å². The van der Waals surface area contributed by atoms with Crippen molar-refractivity contribution in [3.8, 4) is 11.5 Å². The first-order valence-electron chi connectivity index (χ1n) is 8.93. The molecule has 138 valence electrons. The molecule has 4 heteroatoms. The van der Waals surface area contributed by atoms with Gasteiger partial charge in [-0.2, -0.15) is 0 Å². The molecule has 0 spiro atoms. The molecule has 0 unspecified atom stereocenters. The maximum Gasteiger partial charge on any atom is 0.335 e. The fourth-order valence-corrected chi connectivity index (χ4v) is 3.09. The van der Waals surface area contributed by atoms with Gasteiger partial charge in [-0.1, -0.05) is 42.5 Å². The number of benzene rings is 3. The molecule has 0 aliphatic rings. The molecule has 0 aromatic heterocycles. The number of aromatic carboxylic acids is 1. The lowest BCUT2D eigenvalue weighted by molar-refractivity contribution is 0.0697. The lowest BCUT2D eigenvalue weighted by atomic mass is 9.97. The minimum Gasteiger partial charge on any atom is -0.508 e. The average molecular weight is 362 g/mol. The van der Waals surface area contributed by atoms with Gasteiger partial charge in [0.2, 0.25) is 0 Å². The maximum absolute atomic E-state index is 10.9. The molecule has 0 heterocycles. The highest BCUT2D eigenvalue weighted by Gasteiger charge is 2.10. The normalized spacial score (nSPS) is 10.7. The zero-order valence-corrected chi connectivity index (χ0v) is 14.9. The predicted octanol–water partition coefficient (Wildman–Crippen LogP) is 4.37. The molecule has 0 bridgehead atoms. The van der Waals surface area contributed by atoms with Crippen molar-refractivity contribution in [3.05, 3.63) is 94.5 Å². The Balaban J connectivity index is 1.68. The smallest absolute Gasteiger partial charge is 0.335 e. The molecule has 3 rings (SSSR count). The first kappa shape index (κ1) is 18.5. The third-order valence-electron chi connectivity index (χ3n) is 4.69. The molecule has 3 N–H and O–H groups in total. The molecule has 0 atom stereocenters. The van der Waals surface area contributed by atoms with Gasteiger partial charge in [0.15, 0.2) is 0 Å². The van der Waals surface area contributed by atoms with Crippen LogP contribution in [0.3, 0.4) is 0 Å². The first-order valence-corrected chi connectivity index (χ1v) is 8.93. The number of phenolic OH excluding ortho intramolecular Hbond substituents is 2. The monoisotopic (exact) mass is 362 g/mol. The van der Waals surface area contributed by atoms with Crippen LogP contribution >= 0.6 is 0 Å². The van der Waals surface area contributed by atoms with Gasteiger partial charge in [-0.15, -0.1) is 0 Å². The van der Waals surface area contributed by atoms with E-state index < -0.39 is 5.97 Å². The molecule has 0 amide bonds. The quantitative estimate of drug-likeness (QED) is 0.583. The van der Waals surface area contributed by atoms with Gasteiger partial charge < -0.3 is 15.3 Å². The van der Waals surface area contributed by atoms with E-state index in [-0.39, 0.29) is 17.1 Å². The Labute approximate surface area is 158 Å². The van der Waals surface area contributed by atoms with Crippen LogP contribution in [-0.2, 0) is 25.7 Å². The molecule has 0 aliphatic heterocycles. The Kier molecular flexibility index (Phi) is 5.77. The van der Waals surface area contributed by atoms with Gasteiger partial charge >= 0.3 is 5.97 Å². The maximum atomic E-state index is 10.9. The number of carbonyl (C=O) groups is 1.